The van der Waals surface area contributed by atoms with E-state index in [-0.39, 0.29) is 22.2 Å². The fourth-order valence-corrected chi connectivity index (χ4v) is 3.37. The van der Waals surface area contributed by atoms with Crippen LogP contribution in [0.4, 0.5) is 11.5 Å². The maximum absolute atomic E-state index is 12.9. The largest absolute Gasteiger partial charge is 0.341 e. The predicted molar refractivity (Wildman–Crippen MR) is 92.9 cm³/mol. The number of para-hydroxylation sites is 1. The molecular formula is C18H18N4O2. The Morgan fingerprint density at radius 3 is 2.62 bits per heavy atom. The molecule has 0 saturated heterocycles. The summed E-state index contributed by atoms with van der Waals surface area (Å²) in [5.41, 5.74) is 1.87. The first kappa shape index (κ1) is 14.7. The number of anilines is 2. The molecule has 6 heteroatoms. The van der Waals surface area contributed by atoms with Crippen molar-refractivity contribution >= 4 is 28.3 Å². The third kappa shape index (κ3) is 2.31. The molecule has 3 aromatic rings. The van der Waals surface area contributed by atoms with E-state index in [0.717, 1.165) is 5.69 Å². The van der Waals surface area contributed by atoms with Crippen molar-refractivity contribution in [3.63, 3.8) is 0 Å². The number of ketones is 1. The molecule has 0 radical (unpaired) electrons. The molecule has 0 bridgehead atoms. The number of carbonyl (C=O) groups is 1. The highest BCUT2D eigenvalue weighted by Gasteiger charge is 2.34. The number of carbonyl (C=O) groups excluding carboxylic acids is 1. The summed E-state index contributed by atoms with van der Waals surface area (Å²) in [6.07, 6.45) is 1.04. The summed E-state index contributed by atoms with van der Waals surface area (Å²) < 4.78 is 0. The van der Waals surface area contributed by atoms with Gasteiger partial charge in [0, 0.05) is 17.8 Å². The van der Waals surface area contributed by atoms with Gasteiger partial charge < -0.3 is 10.3 Å². The van der Waals surface area contributed by atoms with Gasteiger partial charge in [0.1, 0.15) is 11.2 Å². The molecule has 4 rings (SSSR count). The second-order valence-electron chi connectivity index (χ2n) is 7.06. The lowest BCUT2D eigenvalue weighted by molar-refractivity contribution is 0.0909. The van der Waals surface area contributed by atoms with E-state index >= 15 is 0 Å². The quantitative estimate of drug-likeness (QED) is 0.676. The SMILES string of the molecule is CC1(C)CC(=O)c2c([nH]c3n[nH]c(Nc4ccccc4)c3c2=O)C1. The van der Waals surface area contributed by atoms with E-state index in [1.165, 1.54) is 0 Å². The topological polar surface area (TPSA) is 90.6 Å². The summed E-state index contributed by atoms with van der Waals surface area (Å²) in [7, 11) is 0. The first-order chi connectivity index (χ1) is 11.4. The van der Waals surface area contributed by atoms with Crippen molar-refractivity contribution < 1.29 is 4.79 Å². The molecule has 0 atom stereocenters. The van der Waals surface area contributed by atoms with Gasteiger partial charge in [-0.25, -0.2) is 0 Å². The lowest BCUT2D eigenvalue weighted by Crippen LogP contribution is -2.32. The van der Waals surface area contributed by atoms with Crippen LogP contribution in [-0.2, 0) is 6.42 Å². The molecule has 2 heterocycles. The van der Waals surface area contributed by atoms with Crippen LogP contribution < -0.4 is 10.7 Å². The molecule has 0 unspecified atom stereocenters. The van der Waals surface area contributed by atoms with Gasteiger partial charge in [0.05, 0.1) is 5.56 Å². The minimum absolute atomic E-state index is 0.101. The normalized spacial score (nSPS) is 16.2. The minimum atomic E-state index is -0.258. The molecule has 6 nitrogen and oxygen atoms in total. The molecule has 24 heavy (non-hydrogen) atoms. The molecule has 0 spiro atoms. The van der Waals surface area contributed by atoms with Gasteiger partial charge in [0.25, 0.3) is 0 Å². The Labute approximate surface area is 138 Å². The smallest absolute Gasteiger partial charge is 0.205 e. The molecule has 3 N–H and O–H groups in total. The van der Waals surface area contributed by atoms with Crippen molar-refractivity contribution in [3.8, 4) is 0 Å². The summed E-state index contributed by atoms with van der Waals surface area (Å²) >= 11 is 0. The lowest BCUT2D eigenvalue weighted by atomic mass is 9.75. The molecule has 0 amide bonds. The predicted octanol–water partition coefficient (Wildman–Crippen LogP) is 3.15. The minimum Gasteiger partial charge on any atom is -0.341 e. The van der Waals surface area contributed by atoms with Gasteiger partial charge in [-0.1, -0.05) is 32.0 Å². The van der Waals surface area contributed by atoms with E-state index in [4.69, 9.17) is 0 Å². The zero-order valence-electron chi connectivity index (χ0n) is 13.6. The Kier molecular flexibility index (Phi) is 3.09. The second-order valence-corrected chi connectivity index (χ2v) is 7.06. The van der Waals surface area contributed by atoms with Crippen molar-refractivity contribution in [2.45, 2.75) is 26.7 Å². The molecule has 2 aromatic heterocycles. The molecule has 122 valence electrons. The van der Waals surface area contributed by atoms with Crippen LogP contribution in [0.1, 0.15) is 36.3 Å². The summed E-state index contributed by atoms with van der Waals surface area (Å²) in [4.78, 5) is 28.6. The van der Waals surface area contributed by atoms with Crippen molar-refractivity contribution in [2.75, 3.05) is 5.32 Å². The van der Waals surface area contributed by atoms with Gasteiger partial charge in [-0.05, 0) is 24.0 Å². The monoisotopic (exact) mass is 322 g/mol. The zero-order chi connectivity index (χ0) is 16.9. The van der Waals surface area contributed by atoms with E-state index in [0.29, 0.717) is 35.4 Å². The zero-order valence-corrected chi connectivity index (χ0v) is 13.6. The Morgan fingerprint density at radius 2 is 1.88 bits per heavy atom. The van der Waals surface area contributed by atoms with Crippen LogP contribution in [0.5, 0.6) is 0 Å². The number of pyridine rings is 1. The van der Waals surface area contributed by atoms with E-state index in [1.54, 1.807) is 0 Å². The number of aromatic nitrogens is 3. The van der Waals surface area contributed by atoms with Crippen LogP contribution in [0.3, 0.4) is 0 Å². The third-order valence-corrected chi connectivity index (χ3v) is 4.41. The average molecular weight is 322 g/mol. The standard InChI is InChI=1S/C18H18N4O2/c1-18(2)8-11-13(12(23)9-18)15(24)14-16(21-22-17(14)20-11)19-10-6-4-3-5-7-10/h3-7H,8-9H2,1-2H3,(H3,19,20,21,22,24). The molecular weight excluding hydrogens is 304 g/mol. The third-order valence-electron chi connectivity index (χ3n) is 4.41. The fraction of sp³-hybridized carbons (Fsp3) is 0.278. The Bertz CT molecular complexity index is 999. The average Bonchev–Trinajstić information content (AvgIpc) is 2.89. The Balaban J connectivity index is 1.88. The molecule has 0 saturated carbocycles. The van der Waals surface area contributed by atoms with Crippen LogP contribution in [0, 0.1) is 5.41 Å². The number of benzene rings is 1. The van der Waals surface area contributed by atoms with Crippen LogP contribution in [-0.4, -0.2) is 21.0 Å². The Hall–Kier alpha value is -2.89. The van der Waals surface area contributed by atoms with Gasteiger partial charge in [0.2, 0.25) is 5.43 Å². The van der Waals surface area contributed by atoms with E-state index < -0.39 is 0 Å². The van der Waals surface area contributed by atoms with E-state index in [1.807, 2.05) is 44.2 Å². The number of hydrogen-bond donors (Lipinski definition) is 3. The van der Waals surface area contributed by atoms with Gasteiger partial charge >= 0.3 is 0 Å². The Morgan fingerprint density at radius 1 is 1.12 bits per heavy atom. The van der Waals surface area contributed by atoms with Gasteiger partial charge in [-0.2, -0.15) is 5.10 Å². The number of nitrogens with one attached hydrogen (secondary N) is 3. The van der Waals surface area contributed by atoms with E-state index in [9.17, 15) is 9.59 Å². The van der Waals surface area contributed by atoms with Crippen LogP contribution >= 0.6 is 0 Å². The molecule has 0 aliphatic heterocycles. The number of nitrogens with zero attached hydrogens (tertiary/aromatic N) is 1. The van der Waals surface area contributed by atoms with Crippen molar-refractivity contribution in [1.82, 2.24) is 15.2 Å². The maximum Gasteiger partial charge on any atom is 0.205 e. The summed E-state index contributed by atoms with van der Waals surface area (Å²) in [5, 5.41) is 10.6. The molecule has 1 aliphatic carbocycles. The molecule has 1 aliphatic rings. The fourth-order valence-electron chi connectivity index (χ4n) is 3.37. The van der Waals surface area contributed by atoms with Crippen LogP contribution in [0.15, 0.2) is 35.1 Å². The van der Waals surface area contributed by atoms with Gasteiger partial charge in [-0.3, -0.25) is 14.7 Å². The number of fused-ring (bicyclic) bond motifs is 2. The van der Waals surface area contributed by atoms with Crippen LogP contribution in [0.25, 0.3) is 11.0 Å². The van der Waals surface area contributed by atoms with E-state index in [2.05, 4.69) is 20.5 Å². The highest BCUT2D eigenvalue weighted by molar-refractivity contribution is 6.02. The highest BCUT2D eigenvalue weighted by Crippen LogP contribution is 2.34. The number of rotatable bonds is 2. The van der Waals surface area contributed by atoms with Crippen molar-refractivity contribution in [2.24, 2.45) is 5.41 Å². The van der Waals surface area contributed by atoms with Gasteiger partial charge in [-0.15, -0.1) is 0 Å². The number of H-pyrrole nitrogens is 2. The summed E-state index contributed by atoms with van der Waals surface area (Å²) in [6, 6.07) is 9.51. The second kappa shape index (κ2) is 5.06. The van der Waals surface area contributed by atoms with Gasteiger partial charge in [0.15, 0.2) is 11.4 Å². The lowest BCUT2D eigenvalue weighted by Gasteiger charge is -2.29. The maximum atomic E-state index is 12.9. The summed E-state index contributed by atoms with van der Waals surface area (Å²) in [6.45, 7) is 4.06. The first-order valence-corrected chi connectivity index (χ1v) is 7.93. The van der Waals surface area contributed by atoms with Crippen molar-refractivity contribution in [1.29, 1.82) is 0 Å². The van der Waals surface area contributed by atoms with Crippen molar-refractivity contribution in [3.05, 3.63) is 51.8 Å². The van der Waals surface area contributed by atoms with Crippen LogP contribution in [0.2, 0.25) is 0 Å². The number of Topliss-reactive ketones (excluding diaryl/α,β-unsaturated/α-hetero) is 1. The number of aromatic amines is 2. The summed E-state index contributed by atoms with van der Waals surface area (Å²) in [5.74, 6) is 0.397. The number of hydrogen-bond acceptors (Lipinski definition) is 4. The molecule has 1 aromatic carbocycles. The first-order valence-electron chi connectivity index (χ1n) is 7.93. The molecule has 0 fully saturated rings. The highest BCUT2D eigenvalue weighted by atomic mass is 16.1.